The first-order valence-corrected chi connectivity index (χ1v) is 9.21. The zero-order chi connectivity index (χ0) is 16.9. The van der Waals surface area contributed by atoms with Crippen LogP contribution in [0.4, 0.5) is 4.79 Å². The Labute approximate surface area is 142 Å². The maximum Gasteiger partial charge on any atom is 0.321 e. The fraction of sp³-hybridized carbons (Fsp3) is 0.833. The summed E-state index contributed by atoms with van der Waals surface area (Å²) in [4.78, 5) is 35.6. The first kappa shape index (κ1) is 15.9. The van der Waals surface area contributed by atoms with Crippen LogP contribution in [0.15, 0.2) is 0 Å². The van der Waals surface area contributed by atoms with Crippen LogP contribution in [0, 0.1) is 29.6 Å². The molecule has 24 heavy (non-hydrogen) atoms. The molecule has 0 aromatic carbocycles. The summed E-state index contributed by atoms with van der Waals surface area (Å²) in [6, 6.07) is -0.446. The topological polar surface area (TPSA) is 84.5 Å². The number of carbonyl (C=O) groups is 3. The second kappa shape index (κ2) is 5.74. The Kier molecular flexibility index (Phi) is 3.81. The number of ether oxygens (including phenoxy) is 1. The van der Waals surface area contributed by atoms with E-state index in [0.29, 0.717) is 5.92 Å². The van der Waals surface area contributed by atoms with Gasteiger partial charge in [0.05, 0.1) is 5.92 Å². The van der Waals surface area contributed by atoms with E-state index in [-0.39, 0.29) is 24.0 Å². The van der Waals surface area contributed by atoms with Gasteiger partial charge in [-0.2, -0.15) is 0 Å². The van der Waals surface area contributed by atoms with Crippen molar-refractivity contribution in [3.8, 4) is 0 Å². The highest BCUT2D eigenvalue weighted by atomic mass is 16.5. The van der Waals surface area contributed by atoms with Crippen LogP contribution in [-0.2, 0) is 14.3 Å². The molecule has 4 bridgehead atoms. The second-order valence-corrected chi connectivity index (χ2v) is 8.63. The van der Waals surface area contributed by atoms with Crippen molar-refractivity contribution in [3.05, 3.63) is 0 Å². The lowest BCUT2D eigenvalue weighted by Gasteiger charge is -2.56. The van der Waals surface area contributed by atoms with Gasteiger partial charge in [0.2, 0.25) is 0 Å². The molecule has 2 atom stereocenters. The van der Waals surface area contributed by atoms with Crippen LogP contribution in [0.5, 0.6) is 0 Å². The van der Waals surface area contributed by atoms with Crippen molar-refractivity contribution in [1.82, 2.24) is 10.6 Å². The summed E-state index contributed by atoms with van der Waals surface area (Å²) in [7, 11) is 0. The molecule has 0 radical (unpaired) electrons. The number of esters is 1. The number of rotatable bonds is 4. The van der Waals surface area contributed by atoms with Gasteiger partial charge in [0, 0.05) is 5.54 Å². The predicted octanol–water partition coefficient (Wildman–Crippen LogP) is 1.98. The summed E-state index contributed by atoms with van der Waals surface area (Å²) in [5, 5.41) is 5.39. The van der Waals surface area contributed by atoms with E-state index in [1.165, 1.54) is 19.3 Å². The number of amides is 3. The third-order valence-corrected chi connectivity index (χ3v) is 6.43. The van der Waals surface area contributed by atoms with E-state index in [0.717, 1.165) is 43.4 Å². The Balaban J connectivity index is 1.24. The number of carbonyl (C=O) groups excluding carboxylic acids is 3. The highest BCUT2D eigenvalue weighted by Crippen LogP contribution is 2.55. The van der Waals surface area contributed by atoms with E-state index in [4.69, 9.17) is 4.74 Å². The molecule has 5 saturated carbocycles. The third kappa shape index (κ3) is 3.15. The SMILES string of the molecule is C[C@H]1C[C@H]1C(=O)OCC(=O)NC(=O)NC12CC3CC(CC(C3)C1)C2. The largest absolute Gasteiger partial charge is 0.455 e. The van der Waals surface area contributed by atoms with Gasteiger partial charge in [-0.3, -0.25) is 14.9 Å². The van der Waals surface area contributed by atoms with Crippen LogP contribution >= 0.6 is 0 Å². The van der Waals surface area contributed by atoms with Gasteiger partial charge in [-0.25, -0.2) is 4.79 Å². The van der Waals surface area contributed by atoms with Crippen molar-refractivity contribution in [3.63, 3.8) is 0 Å². The van der Waals surface area contributed by atoms with E-state index < -0.39 is 11.9 Å². The van der Waals surface area contributed by atoms with Gasteiger partial charge < -0.3 is 10.1 Å². The Bertz CT molecular complexity index is 538. The third-order valence-electron chi connectivity index (χ3n) is 6.43. The lowest BCUT2D eigenvalue weighted by molar-refractivity contribution is -0.149. The van der Waals surface area contributed by atoms with E-state index in [9.17, 15) is 14.4 Å². The van der Waals surface area contributed by atoms with Gasteiger partial charge in [0.15, 0.2) is 6.61 Å². The number of imide groups is 1. The average Bonchev–Trinajstić information content (AvgIpc) is 3.19. The zero-order valence-electron chi connectivity index (χ0n) is 14.2. The van der Waals surface area contributed by atoms with Crippen molar-refractivity contribution in [2.24, 2.45) is 29.6 Å². The summed E-state index contributed by atoms with van der Waals surface area (Å²) >= 11 is 0. The Morgan fingerprint density at radius 2 is 1.54 bits per heavy atom. The average molecular weight is 334 g/mol. The highest BCUT2D eigenvalue weighted by Gasteiger charge is 2.51. The van der Waals surface area contributed by atoms with Crippen LogP contribution < -0.4 is 10.6 Å². The predicted molar refractivity (Wildman–Crippen MR) is 85.8 cm³/mol. The molecule has 0 aromatic heterocycles. The Morgan fingerprint density at radius 3 is 2.04 bits per heavy atom. The Hall–Kier alpha value is -1.59. The first-order chi connectivity index (χ1) is 11.4. The number of nitrogens with one attached hydrogen (secondary N) is 2. The van der Waals surface area contributed by atoms with Crippen LogP contribution in [0.3, 0.4) is 0 Å². The van der Waals surface area contributed by atoms with Crippen molar-refractivity contribution in [2.45, 2.75) is 57.4 Å². The molecule has 5 aliphatic carbocycles. The normalized spacial score (nSPS) is 41.6. The lowest BCUT2D eigenvalue weighted by Crippen LogP contribution is -2.62. The number of urea groups is 1. The summed E-state index contributed by atoms with van der Waals surface area (Å²) in [5.74, 6) is 1.58. The van der Waals surface area contributed by atoms with Crippen molar-refractivity contribution >= 4 is 17.9 Å². The van der Waals surface area contributed by atoms with E-state index in [1.807, 2.05) is 6.92 Å². The molecule has 5 aliphatic rings. The molecule has 6 heteroatoms. The summed E-state index contributed by atoms with van der Waals surface area (Å²) in [6.45, 7) is 1.60. The molecule has 5 fully saturated rings. The number of hydrogen-bond acceptors (Lipinski definition) is 4. The number of hydrogen-bond donors (Lipinski definition) is 2. The maximum absolute atomic E-state index is 12.2. The smallest absolute Gasteiger partial charge is 0.321 e. The zero-order valence-corrected chi connectivity index (χ0v) is 14.2. The molecule has 2 N–H and O–H groups in total. The van der Waals surface area contributed by atoms with E-state index in [2.05, 4.69) is 10.6 Å². The minimum Gasteiger partial charge on any atom is -0.455 e. The minimum atomic E-state index is -0.557. The molecule has 5 rings (SSSR count). The molecule has 0 aromatic rings. The van der Waals surface area contributed by atoms with Gasteiger partial charge in [-0.1, -0.05) is 6.92 Å². The van der Waals surface area contributed by atoms with Crippen molar-refractivity contribution < 1.29 is 19.1 Å². The summed E-state index contributed by atoms with van der Waals surface area (Å²) < 4.78 is 4.96. The highest BCUT2D eigenvalue weighted by molar-refractivity contribution is 5.96. The molecule has 0 aliphatic heterocycles. The van der Waals surface area contributed by atoms with E-state index >= 15 is 0 Å². The molecule has 3 amide bonds. The standard InChI is InChI=1S/C18H26N2O4/c1-10-2-14(10)16(22)24-9-15(21)19-17(23)20-18-6-11-3-12(7-18)5-13(4-11)8-18/h10-14H,2-9H2,1H3,(H2,19,20,21,23)/t10-,11?,12?,13?,14+,18?/m0/s1. The molecular weight excluding hydrogens is 308 g/mol. The summed E-state index contributed by atoms with van der Waals surface area (Å²) in [5.41, 5.74) is -0.126. The van der Waals surface area contributed by atoms with Gasteiger partial charge in [0.1, 0.15) is 0 Å². The fourth-order valence-corrected chi connectivity index (χ4v) is 5.59. The molecule has 0 unspecified atom stereocenters. The second-order valence-electron chi connectivity index (χ2n) is 8.63. The molecule has 6 nitrogen and oxygen atoms in total. The molecule has 0 heterocycles. The van der Waals surface area contributed by atoms with Crippen LogP contribution in [0.25, 0.3) is 0 Å². The quantitative estimate of drug-likeness (QED) is 0.770. The van der Waals surface area contributed by atoms with Crippen LogP contribution in [-0.4, -0.2) is 30.1 Å². The van der Waals surface area contributed by atoms with Gasteiger partial charge >= 0.3 is 12.0 Å². The summed E-state index contributed by atoms with van der Waals surface area (Å²) in [6.07, 6.45) is 7.84. The molecule has 132 valence electrons. The van der Waals surface area contributed by atoms with Gasteiger partial charge in [-0.05, 0) is 68.6 Å². The van der Waals surface area contributed by atoms with Gasteiger partial charge in [-0.15, -0.1) is 0 Å². The molecular formula is C18H26N2O4. The van der Waals surface area contributed by atoms with Crippen molar-refractivity contribution in [2.75, 3.05) is 6.61 Å². The molecule has 0 spiro atoms. The van der Waals surface area contributed by atoms with Crippen molar-refractivity contribution in [1.29, 1.82) is 0 Å². The minimum absolute atomic E-state index is 0.0707. The first-order valence-electron chi connectivity index (χ1n) is 9.21. The van der Waals surface area contributed by atoms with Crippen LogP contribution in [0.2, 0.25) is 0 Å². The Morgan fingerprint density at radius 1 is 1.00 bits per heavy atom. The fourth-order valence-electron chi connectivity index (χ4n) is 5.59. The maximum atomic E-state index is 12.2. The van der Waals surface area contributed by atoms with Gasteiger partial charge in [0.25, 0.3) is 5.91 Å². The van der Waals surface area contributed by atoms with Crippen LogP contribution in [0.1, 0.15) is 51.9 Å². The molecule has 0 saturated heterocycles. The van der Waals surface area contributed by atoms with E-state index in [1.54, 1.807) is 0 Å². The monoisotopic (exact) mass is 334 g/mol. The lowest BCUT2D eigenvalue weighted by atomic mass is 9.53.